The largest absolute Gasteiger partial charge is 0.445 e. The monoisotopic (exact) mass is 318 g/mol. The van der Waals surface area contributed by atoms with Gasteiger partial charge in [0.2, 0.25) is 0 Å². The molecule has 3 rings (SSSR count). The second-order valence-corrected chi connectivity index (χ2v) is 6.47. The van der Waals surface area contributed by atoms with Crippen molar-refractivity contribution in [3.63, 3.8) is 0 Å². The summed E-state index contributed by atoms with van der Waals surface area (Å²) in [6.45, 7) is 2.14. The Morgan fingerprint density at radius 3 is 2.74 bits per heavy atom. The Morgan fingerprint density at radius 2 is 2.00 bits per heavy atom. The Bertz CT molecular complexity index is 482. The van der Waals surface area contributed by atoms with E-state index < -0.39 is 0 Å². The van der Waals surface area contributed by atoms with E-state index in [1.807, 2.05) is 30.3 Å². The number of benzene rings is 1. The smallest absolute Gasteiger partial charge is 0.407 e. The van der Waals surface area contributed by atoms with Crippen LogP contribution >= 0.6 is 0 Å². The van der Waals surface area contributed by atoms with Crippen LogP contribution in [0.4, 0.5) is 4.79 Å². The van der Waals surface area contributed by atoms with Crippen molar-refractivity contribution >= 4 is 6.09 Å². The van der Waals surface area contributed by atoms with Crippen molar-refractivity contribution in [2.45, 2.75) is 56.9 Å². The van der Waals surface area contributed by atoms with Gasteiger partial charge in [-0.05, 0) is 37.7 Å². The first-order valence-electron chi connectivity index (χ1n) is 8.62. The first-order chi connectivity index (χ1) is 11.3. The number of ether oxygens (including phenoxy) is 2. The molecule has 2 N–H and O–H groups in total. The third-order valence-corrected chi connectivity index (χ3v) is 4.58. The highest BCUT2D eigenvalue weighted by molar-refractivity contribution is 5.67. The van der Waals surface area contributed by atoms with E-state index in [9.17, 15) is 4.79 Å². The van der Waals surface area contributed by atoms with Gasteiger partial charge in [0.25, 0.3) is 0 Å². The van der Waals surface area contributed by atoms with Gasteiger partial charge in [0, 0.05) is 25.2 Å². The maximum Gasteiger partial charge on any atom is 0.407 e. The van der Waals surface area contributed by atoms with Gasteiger partial charge < -0.3 is 20.1 Å². The fraction of sp³-hybridized carbons (Fsp3) is 0.611. The average molecular weight is 318 g/mol. The molecule has 1 saturated heterocycles. The van der Waals surface area contributed by atoms with Crippen LogP contribution in [0.1, 0.15) is 37.7 Å². The highest BCUT2D eigenvalue weighted by Crippen LogP contribution is 2.21. The summed E-state index contributed by atoms with van der Waals surface area (Å²) in [6, 6.07) is 10.4. The summed E-state index contributed by atoms with van der Waals surface area (Å²) in [5.74, 6) is 0. The maximum atomic E-state index is 11.8. The van der Waals surface area contributed by atoms with E-state index in [1.54, 1.807) is 0 Å². The minimum absolute atomic E-state index is 0.225. The molecule has 126 valence electrons. The van der Waals surface area contributed by atoms with E-state index in [0.29, 0.717) is 18.8 Å². The predicted molar refractivity (Wildman–Crippen MR) is 88.2 cm³/mol. The average Bonchev–Trinajstić information content (AvgIpc) is 2.57. The quantitative estimate of drug-likeness (QED) is 0.846. The van der Waals surface area contributed by atoms with Gasteiger partial charge in [-0.3, -0.25) is 0 Å². The van der Waals surface area contributed by atoms with Crippen molar-refractivity contribution in [3.05, 3.63) is 35.9 Å². The van der Waals surface area contributed by atoms with E-state index in [-0.39, 0.29) is 12.1 Å². The zero-order valence-corrected chi connectivity index (χ0v) is 13.5. The van der Waals surface area contributed by atoms with Crippen LogP contribution in [0, 0.1) is 0 Å². The molecule has 1 heterocycles. The SMILES string of the molecule is O=C(NC1CC(NCC2CCCCO2)C1)OCc1ccccc1. The standard InChI is InChI=1S/C18H26N2O3/c21-18(23-13-14-6-2-1-3-7-14)20-16-10-15(11-16)19-12-17-8-4-5-9-22-17/h1-3,6-7,15-17,19H,4-5,8-13H2,(H,20,21). The van der Waals surface area contributed by atoms with Crippen molar-refractivity contribution in [1.82, 2.24) is 10.6 Å². The molecule has 5 heteroatoms. The zero-order valence-electron chi connectivity index (χ0n) is 13.5. The molecular weight excluding hydrogens is 292 g/mol. The Labute approximate surface area is 137 Å². The van der Waals surface area contributed by atoms with Crippen molar-refractivity contribution in [2.75, 3.05) is 13.2 Å². The van der Waals surface area contributed by atoms with E-state index in [0.717, 1.165) is 38.0 Å². The highest BCUT2D eigenvalue weighted by Gasteiger charge is 2.31. The number of carbonyl (C=O) groups is 1. The second-order valence-electron chi connectivity index (χ2n) is 6.47. The molecule has 2 fully saturated rings. The molecule has 1 unspecified atom stereocenters. The van der Waals surface area contributed by atoms with Gasteiger partial charge in [0.15, 0.2) is 0 Å². The fourth-order valence-electron chi connectivity index (χ4n) is 3.10. The molecule has 1 amide bonds. The fourth-order valence-corrected chi connectivity index (χ4v) is 3.10. The Morgan fingerprint density at radius 1 is 1.17 bits per heavy atom. The van der Waals surface area contributed by atoms with Crippen molar-refractivity contribution < 1.29 is 14.3 Å². The van der Waals surface area contributed by atoms with Gasteiger partial charge >= 0.3 is 6.09 Å². The first kappa shape index (κ1) is 16.3. The number of nitrogens with one attached hydrogen (secondary N) is 2. The molecule has 1 aliphatic carbocycles. The number of carbonyl (C=O) groups excluding carboxylic acids is 1. The molecular formula is C18H26N2O3. The third-order valence-electron chi connectivity index (χ3n) is 4.58. The van der Waals surface area contributed by atoms with Crippen molar-refractivity contribution in [2.24, 2.45) is 0 Å². The summed E-state index contributed by atoms with van der Waals surface area (Å²) >= 11 is 0. The van der Waals surface area contributed by atoms with Crippen LogP contribution < -0.4 is 10.6 Å². The van der Waals surface area contributed by atoms with Gasteiger partial charge in [-0.1, -0.05) is 30.3 Å². The normalized spacial score (nSPS) is 27.0. The van der Waals surface area contributed by atoms with E-state index >= 15 is 0 Å². The van der Waals surface area contributed by atoms with Crippen LogP contribution in [0.5, 0.6) is 0 Å². The molecule has 23 heavy (non-hydrogen) atoms. The van der Waals surface area contributed by atoms with Gasteiger partial charge in [-0.25, -0.2) is 4.79 Å². The Balaban J connectivity index is 1.25. The summed E-state index contributed by atoms with van der Waals surface area (Å²) in [5, 5.41) is 6.45. The topological polar surface area (TPSA) is 59.6 Å². The van der Waals surface area contributed by atoms with Crippen LogP contribution in [-0.2, 0) is 16.1 Å². The number of hydrogen-bond acceptors (Lipinski definition) is 4. The number of hydrogen-bond donors (Lipinski definition) is 2. The lowest BCUT2D eigenvalue weighted by molar-refractivity contribution is 0.0128. The molecule has 1 aromatic rings. The van der Waals surface area contributed by atoms with Gasteiger partial charge in [0.05, 0.1) is 6.10 Å². The number of rotatable bonds is 6. The van der Waals surface area contributed by atoms with E-state index in [4.69, 9.17) is 9.47 Å². The van der Waals surface area contributed by atoms with Crippen LogP contribution in [0.15, 0.2) is 30.3 Å². The zero-order chi connectivity index (χ0) is 15.9. The first-order valence-corrected chi connectivity index (χ1v) is 8.62. The van der Waals surface area contributed by atoms with Gasteiger partial charge in [-0.15, -0.1) is 0 Å². The van der Waals surface area contributed by atoms with Crippen LogP contribution in [0.2, 0.25) is 0 Å². The van der Waals surface area contributed by atoms with Crippen LogP contribution in [0.3, 0.4) is 0 Å². The lowest BCUT2D eigenvalue weighted by Crippen LogP contribution is -2.53. The summed E-state index contributed by atoms with van der Waals surface area (Å²) in [4.78, 5) is 11.8. The molecule has 1 aliphatic heterocycles. The van der Waals surface area contributed by atoms with Gasteiger partial charge in [-0.2, -0.15) is 0 Å². The molecule has 1 aromatic carbocycles. The van der Waals surface area contributed by atoms with Crippen molar-refractivity contribution in [3.8, 4) is 0 Å². The predicted octanol–water partition coefficient (Wildman–Crippen LogP) is 2.60. The summed E-state index contributed by atoms with van der Waals surface area (Å²) < 4.78 is 10.9. The summed E-state index contributed by atoms with van der Waals surface area (Å²) in [6.07, 6.45) is 5.60. The van der Waals surface area contributed by atoms with Gasteiger partial charge in [0.1, 0.15) is 6.61 Å². The second kappa shape index (κ2) is 8.31. The van der Waals surface area contributed by atoms with Crippen LogP contribution in [0.25, 0.3) is 0 Å². The summed E-state index contributed by atoms with van der Waals surface area (Å²) in [5.41, 5.74) is 1.00. The molecule has 1 saturated carbocycles. The maximum absolute atomic E-state index is 11.8. The molecule has 0 bridgehead atoms. The molecule has 0 radical (unpaired) electrons. The molecule has 0 aromatic heterocycles. The van der Waals surface area contributed by atoms with E-state index in [1.165, 1.54) is 12.8 Å². The minimum Gasteiger partial charge on any atom is -0.445 e. The number of alkyl carbamates (subject to hydrolysis) is 1. The third kappa shape index (κ3) is 5.22. The molecule has 2 aliphatic rings. The Hall–Kier alpha value is -1.59. The van der Waals surface area contributed by atoms with Crippen molar-refractivity contribution in [1.29, 1.82) is 0 Å². The van der Waals surface area contributed by atoms with E-state index in [2.05, 4.69) is 10.6 Å². The highest BCUT2D eigenvalue weighted by atomic mass is 16.5. The number of amides is 1. The molecule has 5 nitrogen and oxygen atoms in total. The lowest BCUT2D eigenvalue weighted by atomic mass is 9.86. The van der Waals surface area contributed by atoms with Crippen LogP contribution in [-0.4, -0.2) is 37.4 Å². The molecule has 0 spiro atoms. The lowest BCUT2D eigenvalue weighted by Gasteiger charge is -2.37. The Kier molecular flexibility index (Phi) is 5.88. The summed E-state index contributed by atoms with van der Waals surface area (Å²) in [7, 11) is 0. The molecule has 1 atom stereocenters. The minimum atomic E-state index is -0.326.